The molecule has 1 aliphatic heterocycles. The van der Waals surface area contributed by atoms with Crippen molar-refractivity contribution in [3.05, 3.63) is 23.8 Å². The topological polar surface area (TPSA) is 108 Å². The van der Waals surface area contributed by atoms with E-state index in [9.17, 15) is 9.90 Å². The molecule has 1 unspecified atom stereocenters. The van der Waals surface area contributed by atoms with Crippen LogP contribution in [0.25, 0.3) is 0 Å². The maximum absolute atomic E-state index is 11.4. The normalized spacial score (nSPS) is 14.5. The SMILES string of the molecule is CC(=O)O.CC(C)(C)NCC(O)COc1cccc2c1CCC(=O)N2. The second-order valence-electron chi connectivity index (χ2n) is 6.95. The smallest absolute Gasteiger partial charge is 0.300 e. The Kier molecular flexibility index (Phi) is 7.86. The molecule has 0 radical (unpaired) electrons. The molecule has 7 heteroatoms. The Hall–Kier alpha value is -2.12. The lowest BCUT2D eigenvalue weighted by Gasteiger charge is -2.24. The van der Waals surface area contributed by atoms with E-state index >= 15 is 0 Å². The first-order valence-electron chi connectivity index (χ1n) is 8.25. The third kappa shape index (κ3) is 8.51. The zero-order chi connectivity index (χ0) is 19.0. The van der Waals surface area contributed by atoms with Crippen molar-refractivity contribution in [1.29, 1.82) is 0 Å². The molecule has 0 saturated heterocycles. The van der Waals surface area contributed by atoms with Gasteiger partial charge in [0.25, 0.3) is 5.97 Å². The molecular formula is C18H28N2O5. The van der Waals surface area contributed by atoms with Crippen LogP contribution in [0.3, 0.4) is 0 Å². The van der Waals surface area contributed by atoms with Crippen LogP contribution in [0.15, 0.2) is 18.2 Å². The van der Waals surface area contributed by atoms with Crippen molar-refractivity contribution in [1.82, 2.24) is 5.32 Å². The summed E-state index contributed by atoms with van der Waals surface area (Å²) in [6.07, 6.45) is 0.577. The lowest BCUT2D eigenvalue weighted by Crippen LogP contribution is -2.42. The number of ether oxygens (including phenoxy) is 1. The van der Waals surface area contributed by atoms with Gasteiger partial charge in [-0.2, -0.15) is 0 Å². The van der Waals surface area contributed by atoms with E-state index < -0.39 is 12.1 Å². The number of anilines is 1. The first-order valence-corrected chi connectivity index (χ1v) is 8.25. The molecule has 1 heterocycles. The van der Waals surface area contributed by atoms with Crippen LogP contribution in [0.2, 0.25) is 0 Å². The van der Waals surface area contributed by atoms with Gasteiger partial charge in [0, 0.05) is 36.7 Å². The molecule has 1 atom stereocenters. The molecule has 25 heavy (non-hydrogen) atoms. The number of hydrogen-bond acceptors (Lipinski definition) is 5. The summed E-state index contributed by atoms with van der Waals surface area (Å²) in [5, 5.41) is 23.5. The summed E-state index contributed by atoms with van der Waals surface area (Å²) in [4.78, 5) is 20.4. The van der Waals surface area contributed by atoms with Gasteiger partial charge < -0.3 is 25.6 Å². The maximum atomic E-state index is 11.4. The number of carbonyl (C=O) groups is 2. The Morgan fingerprint density at radius 3 is 2.60 bits per heavy atom. The number of carbonyl (C=O) groups excluding carboxylic acids is 1. The fraction of sp³-hybridized carbons (Fsp3) is 0.556. The van der Waals surface area contributed by atoms with Crippen LogP contribution in [0, 0.1) is 0 Å². The zero-order valence-electron chi connectivity index (χ0n) is 15.3. The van der Waals surface area contributed by atoms with Gasteiger partial charge in [0.1, 0.15) is 18.5 Å². The average Bonchev–Trinajstić information content (AvgIpc) is 2.49. The van der Waals surface area contributed by atoms with Crippen LogP contribution in [-0.2, 0) is 16.0 Å². The van der Waals surface area contributed by atoms with Crippen molar-refractivity contribution in [2.45, 2.75) is 52.2 Å². The Morgan fingerprint density at radius 2 is 2.00 bits per heavy atom. The number of aliphatic hydroxyl groups is 1. The number of fused-ring (bicyclic) bond motifs is 1. The van der Waals surface area contributed by atoms with Gasteiger partial charge >= 0.3 is 0 Å². The van der Waals surface area contributed by atoms with Crippen LogP contribution < -0.4 is 15.4 Å². The standard InChI is InChI=1S/C16H24N2O3.C2H4O2/c1-16(2,3)17-9-11(19)10-21-14-6-4-5-13-12(14)7-8-15(20)18-13;1-2(3)4/h4-6,11,17,19H,7-10H2,1-3H3,(H,18,20);1H3,(H,3,4). The van der Waals surface area contributed by atoms with Crippen molar-refractivity contribution in [3.63, 3.8) is 0 Å². The maximum Gasteiger partial charge on any atom is 0.300 e. The number of benzene rings is 1. The molecule has 0 spiro atoms. The van der Waals surface area contributed by atoms with Crippen molar-refractivity contribution < 1.29 is 24.5 Å². The number of hydrogen-bond donors (Lipinski definition) is 4. The Labute approximate surface area is 148 Å². The molecular weight excluding hydrogens is 324 g/mol. The lowest BCUT2D eigenvalue weighted by molar-refractivity contribution is -0.134. The van der Waals surface area contributed by atoms with Crippen molar-refractivity contribution in [2.75, 3.05) is 18.5 Å². The highest BCUT2D eigenvalue weighted by Crippen LogP contribution is 2.31. The molecule has 7 nitrogen and oxygen atoms in total. The van der Waals surface area contributed by atoms with E-state index in [4.69, 9.17) is 14.6 Å². The van der Waals surface area contributed by atoms with Crippen LogP contribution in [0.4, 0.5) is 5.69 Å². The molecule has 1 aromatic carbocycles. The second kappa shape index (κ2) is 9.39. The summed E-state index contributed by atoms with van der Waals surface area (Å²) in [5.74, 6) is -0.0589. The molecule has 2 rings (SSSR count). The number of carboxylic acids is 1. The van der Waals surface area contributed by atoms with Crippen LogP contribution in [0.1, 0.15) is 39.7 Å². The Morgan fingerprint density at radius 1 is 1.36 bits per heavy atom. The molecule has 0 aromatic heterocycles. The van der Waals surface area contributed by atoms with Crippen molar-refractivity contribution in [3.8, 4) is 5.75 Å². The van der Waals surface area contributed by atoms with E-state index in [1.165, 1.54) is 0 Å². The van der Waals surface area contributed by atoms with Crippen molar-refractivity contribution in [2.24, 2.45) is 0 Å². The summed E-state index contributed by atoms with van der Waals surface area (Å²) in [6, 6.07) is 5.59. The van der Waals surface area contributed by atoms with Crippen LogP contribution in [-0.4, -0.2) is 46.9 Å². The number of nitrogens with one attached hydrogen (secondary N) is 2. The lowest BCUT2D eigenvalue weighted by atomic mass is 10.0. The fourth-order valence-electron chi connectivity index (χ4n) is 2.20. The van der Waals surface area contributed by atoms with Crippen LogP contribution in [0.5, 0.6) is 5.75 Å². The fourth-order valence-corrected chi connectivity index (χ4v) is 2.20. The molecule has 4 N–H and O–H groups in total. The first kappa shape index (κ1) is 20.9. The number of rotatable bonds is 5. The molecule has 0 saturated carbocycles. The van der Waals surface area contributed by atoms with Gasteiger partial charge in [0.15, 0.2) is 0 Å². The van der Waals surface area contributed by atoms with Gasteiger partial charge in [-0.15, -0.1) is 0 Å². The van der Waals surface area contributed by atoms with E-state index in [0.717, 1.165) is 23.9 Å². The molecule has 0 bridgehead atoms. The van der Waals surface area contributed by atoms with Crippen molar-refractivity contribution >= 4 is 17.6 Å². The monoisotopic (exact) mass is 352 g/mol. The van der Waals surface area contributed by atoms with Crippen LogP contribution >= 0.6 is 0 Å². The third-order valence-corrected chi connectivity index (χ3v) is 3.31. The highest BCUT2D eigenvalue weighted by Gasteiger charge is 2.19. The molecule has 1 aliphatic rings. The van der Waals surface area contributed by atoms with E-state index in [-0.39, 0.29) is 18.1 Å². The summed E-state index contributed by atoms with van der Waals surface area (Å²) >= 11 is 0. The molecule has 0 fully saturated rings. The van der Waals surface area contributed by atoms with E-state index in [1.54, 1.807) is 0 Å². The third-order valence-electron chi connectivity index (χ3n) is 3.31. The molecule has 0 aliphatic carbocycles. The Balaban J connectivity index is 0.000000705. The zero-order valence-corrected chi connectivity index (χ0v) is 15.3. The summed E-state index contributed by atoms with van der Waals surface area (Å²) in [6.45, 7) is 7.95. The predicted molar refractivity (Wildman–Crippen MR) is 96.0 cm³/mol. The largest absolute Gasteiger partial charge is 0.490 e. The predicted octanol–water partition coefficient (Wildman–Crippen LogP) is 1.79. The summed E-state index contributed by atoms with van der Waals surface area (Å²) < 4.78 is 5.73. The number of aliphatic hydroxyl groups excluding tert-OH is 1. The van der Waals surface area contributed by atoms with E-state index in [0.29, 0.717) is 19.4 Å². The highest BCUT2D eigenvalue weighted by atomic mass is 16.5. The minimum Gasteiger partial charge on any atom is -0.490 e. The van der Waals surface area contributed by atoms with Gasteiger partial charge in [-0.25, -0.2) is 0 Å². The number of aliphatic carboxylic acids is 1. The quantitative estimate of drug-likeness (QED) is 0.643. The van der Waals surface area contributed by atoms with Gasteiger partial charge in [-0.05, 0) is 39.3 Å². The van der Waals surface area contributed by atoms with Gasteiger partial charge in [0.05, 0.1) is 0 Å². The molecule has 1 amide bonds. The van der Waals surface area contributed by atoms with Gasteiger partial charge in [-0.3, -0.25) is 9.59 Å². The first-order chi connectivity index (χ1) is 11.6. The van der Waals surface area contributed by atoms with E-state index in [1.807, 2.05) is 18.2 Å². The van der Waals surface area contributed by atoms with E-state index in [2.05, 4.69) is 31.4 Å². The number of amides is 1. The minimum absolute atomic E-state index is 0.0306. The Bertz CT molecular complexity index is 592. The van der Waals surface area contributed by atoms with Gasteiger partial charge in [-0.1, -0.05) is 6.07 Å². The number of β-amino-alcohol motifs (C(OH)–C–C–N with tert-alkyl or cyclic N) is 1. The minimum atomic E-state index is -0.833. The number of carboxylic acid groups (broad SMARTS) is 1. The summed E-state index contributed by atoms with van der Waals surface area (Å²) in [5.41, 5.74) is 1.79. The summed E-state index contributed by atoms with van der Waals surface area (Å²) in [7, 11) is 0. The average molecular weight is 352 g/mol. The van der Waals surface area contributed by atoms with Gasteiger partial charge in [0.2, 0.25) is 5.91 Å². The second-order valence-corrected chi connectivity index (χ2v) is 6.95. The molecule has 140 valence electrons. The highest BCUT2D eigenvalue weighted by molar-refractivity contribution is 5.94. The molecule has 1 aromatic rings.